The highest BCUT2D eigenvalue weighted by molar-refractivity contribution is 5.24. The third-order valence-corrected chi connectivity index (χ3v) is 1.35. The van der Waals surface area contributed by atoms with E-state index in [2.05, 4.69) is 0 Å². The second-order valence-electron chi connectivity index (χ2n) is 2.37. The average molecular weight is 220 g/mol. The van der Waals surface area contributed by atoms with Crippen molar-refractivity contribution < 1.29 is 13.2 Å². The minimum atomic E-state index is -4.22. The molecule has 0 amide bonds. The molecule has 0 saturated carbocycles. The molecule has 88 valence electrons. The molecule has 0 nitrogen and oxygen atoms in total. The normalized spacial score (nSPS) is 9.33. The number of hydrogen-bond donors (Lipinski definition) is 0. The molecular weight excluding hydrogens is 201 g/mol. The summed E-state index contributed by atoms with van der Waals surface area (Å²) in [7, 11) is 0. The Morgan fingerprint density at radius 2 is 1.40 bits per heavy atom. The largest absolute Gasteiger partial charge is 0.416 e. The van der Waals surface area contributed by atoms with Crippen molar-refractivity contribution in [2.24, 2.45) is 0 Å². The van der Waals surface area contributed by atoms with Crippen LogP contribution in [0.3, 0.4) is 0 Å². The summed E-state index contributed by atoms with van der Waals surface area (Å²) in [6, 6.07) is 5.22. The van der Waals surface area contributed by atoms with E-state index in [1.807, 2.05) is 27.7 Å². The molecule has 0 atom stereocenters. The van der Waals surface area contributed by atoms with Crippen molar-refractivity contribution in [3.05, 3.63) is 35.4 Å². The second kappa shape index (κ2) is 8.33. The highest BCUT2D eigenvalue weighted by Crippen LogP contribution is 2.29. The van der Waals surface area contributed by atoms with Crippen LogP contribution in [0.25, 0.3) is 0 Å². The Kier molecular flexibility index (Phi) is 9.13. The zero-order chi connectivity index (χ0) is 12.5. The smallest absolute Gasteiger partial charge is 0.166 e. The molecule has 0 heterocycles. The minimum Gasteiger partial charge on any atom is -0.166 e. The fraction of sp³-hybridized carbons (Fsp3) is 0.500. The third kappa shape index (κ3) is 7.00. The molecule has 1 rings (SSSR count). The summed E-state index contributed by atoms with van der Waals surface area (Å²) >= 11 is 0. The van der Waals surface area contributed by atoms with Gasteiger partial charge in [0.25, 0.3) is 0 Å². The Labute approximate surface area is 90.1 Å². The Morgan fingerprint density at radius 1 is 0.933 bits per heavy atom. The Balaban J connectivity index is 0. The van der Waals surface area contributed by atoms with E-state index in [0.717, 1.165) is 12.1 Å². The maximum atomic E-state index is 12.0. The molecule has 1 aromatic rings. The molecule has 0 fully saturated rings. The van der Waals surface area contributed by atoms with E-state index in [4.69, 9.17) is 0 Å². The third-order valence-electron chi connectivity index (χ3n) is 1.35. The monoisotopic (exact) mass is 220 g/mol. The summed E-state index contributed by atoms with van der Waals surface area (Å²) in [5, 5.41) is 0. The van der Waals surface area contributed by atoms with Crippen LogP contribution >= 0.6 is 0 Å². The van der Waals surface area contributed by atoms with Gasteiger partial charge in [0.15, 0.2) is 0 Å². The van der Waals surface area contributed by atoms with Gasteiger partial charge in [-0.25, -0.2) is 0 Å². The van der Waals surface area contributed by atoms with E-state index in [0.29, 0.717) is 5.56 Å². The summed E-state index contributed by atoms with van der Waals surface area (Å²) in [6.45, 7) is 9.63. The number of hydrogen-bond acceptors (Lipinski definition) is 0. The van der Waals surface area contributed by atoms with E-state index in [9.17, 15) is 13.2 Å². The van der Waals surface area contributed by atoms with Crippen LogP contribution in [0.2, 0.25) is 0 Å². The lowest BCUT2D eigenvalue weighted by atomic mass is 10.1. The topological polar surface area (TPSA) is 0 Å². The molecule has 1 aromatic carbocycles. The quantitative estimate of drug-likeness (QED) is 0.572. The van der Waals surface area contributed by atoms with Gasteiger partial charge in [-0.3, -0.25) is 0 Å². The molecule has 3 heteroatoms. The van der Waals surface area contributed by atoms with Crippen LogP contribution in [0.4, 0.5) is 13.2 Å². The van der Waals surface area contributed by atoms with Crippen molar-refractivity contribution >= 4 is 0 Å². The molecule has 0 aliphatic heterocycles. The van der Waals surface area contributed by atoms with Crippen LogP contribution in [0.1, 0.15) is 38.8 Å². The number of aryl methyl sites for hydroxylation is 1. The number of alkyl halides is 3. The summed E-state index contributed by atoms with van der Waals surface area (Å²) in [5.41, 5.74) is 0.0392. The van der Waals surface area contributed by atoms with E-state index >= 15 is 0 Å². The van der Waals surface area contributed by atoms with Crippen molar-refractivity contribution in [1.82, 2.24) is 0 Å². The lowest BCUT2D eigenvalue weighted by Gasteiger charge is -2.05. The SMILES string of the molecule is CC.CC.Cc1cccc(C(F)(F)F)c1. The molecule has 0 aliphatic carbocycles. The molecule has 0 aromatic heterocycles. The molecule has 0 N–H and O–H groups in total. The van der Waals surface area contributed by atoms with Gasteiger partial charge in [0.2, 0.25) is 0 Å². The van der Waals surface area contributed by atoms with Gasteiger partial charge in [0.1, 0.15) is 0 Å². The van der Waals surface area contributed by atoms with E-state index in [1.54, 1.807) is 13.0 Å². The number of halogens is 3. The first-order chi connectivity index (χ1) is 7.00. The lowest BCUT2D eigenvalue weighted by Crippen LogP contribution is -2.04. The van der Waals surface area contributed by atoms with E-state index in [1.165, 1.54) is 6.07 Å². The first-order valence-corrected chi connectivity index (χ1v) is 5.14. The van der Waals surface area contributed by atoms with Crippen LogP contribution in [-0.2, 0) is 6.18 Å². The summed E-state index contributed by atoms with van der Waals surface area (Å²) in [5.74, 6) is 0. The van der Waals surface area contributed by atoms with Crippen LogP contribution < -0.4 is 0 Å². The highest BCUT2D eigenvalue weighted by atomic mass is 19.4. The van der Waals surface area contributed by atoms with Gasteiger partial charge in [-0.1, -0.05) is 51.5 Å². The van der Waals surface area contributed by atoms with Crippen molar-refractivity contribution in [3.63, 3.8) is 0 Å². The van der Waals surface area contributed by atoms with Gasteiger partial charge < -0.3 is 0 Å². The zero-order valence-corrected chi connectivity index (χ0v) is 9.94. The van der Waals surface area contributed by atoms with Crippen molar-refractivity contribution in [1.29, 1.82) is 0 Å². The fourth-order valence-corrected chi connectivity index (χ4v) is 0.821. The van der Waals surface area contributed by atoms with Gasteiger partial charge in [0, 0.05) is 0 Å². The van der Waals surface area contributed by atoms with E-state index in [-0.39, 0.29) is 0 Å². The second-order valence-corrected chi connectivity index (χ2v) is 2.37. The van der Waals surface area contributed by atoms with Gasteiger partial charge >= 0.3 is 6.18 Å². The number of rotatable bonds is 0. The summed E-state index contributed by atoms with van der Waals surface area (Å²) in [4.78, 5) is 0. The molecule has 0 radical (unpaired) electrons. The lowest BCUT2D eigenvalue weighted by molar-refractivity contribution is -0.137. The molecule has 0 aliphatic rings. The Hall–Kier alpha value is -0.990. The number of benzene rings is 1. The predicted octanol–water partition coefficient (Wildman–Crippen LogP) is 5.07. The maximum Gasteiger partial charge on any atom is 0.416 e. The molecule has 0 saturated heterocycles. The highest BCUT2D eigenvalue weighted by Gasteiger charge is 2.29. The van der Waals surface area contributed by atoms with Crippen LogP contribution in [0, 0.1) is 6.92 Å². The average Bonchev–Trinajstić information content (AvgIpc) is 2.23. The van der Waals surface area contributed by atoms with E-state index < -0.39 is 11.7 Å². The first kappa shape index (κ1) is 16.4. The summed E-state index contributed by atoms with van der Waals surface area (Å²) in [6.07, 6.45) is -4.22. The van der Waals surface area contributed by atoms with Gasteiger partial charge in [0.05, 0.1) is 5.56 Å². The minimum absolute atomic E-state index is 0.586. The Bertz CT molecular complexity index is 251. The van der Waals surface area contributed by atoms with Crippen LogP contribution in [0.15, 0.2) is 24.3 Å². The Morgan fingerprint density at radius 3 is 1.67 bits per heavy atom. The molecule has 15 heavy (non-hydrogen) atoms. The van der Waals surface area contributed by atoms with Crippen molar-refractivity contribution in [3.8, 4) is 0 Å². The molecule has 0 bridgehead atoms. The van der Waals surface area contributed by atoms with Gasteiger partial charge in [-0.05, 0) is 13.0 Å². The van der Waals surface area contributed by atoms with Gasteiger partial charge in [-0.2, -0.15) is 13.2 Å². The first-order valence-electron chi connectivity index (χ1n) is 5.14. The van der Waals surface area contributed by atoms with Crippen molar-refractivity contribution in [2.45, 2.75) is 40.8 Å². The molecule has 0 unspecified atom stereocenters. The summed E-state index contributed by atoms with van der Waals surface area (Å²) < 4.78 is 35.9. The predicted molar refractivity (Wildman–Crippen MR) is 58.9 cm³/mol. The molecular formula is C12H19F3. The standard InChI is InChI=1S/C8H7F3.2C2H6/c1-6-3-2-4-7(5-6)8(9,10)11;2*1-2/h2-5H,1H3;2*1-2H3. The van der Waals surface area contributed by atoms with Crippen molar-refractivity contribution in [2.75, 3.05) is 0 Å². The zero-order valence-electron chi connectivity index (χ0n) is 9.94. The molecule has 0 spiro atoms. The maximum absolute atomic E-state index is 12.0. The van der Waals surface area contributed by atoms with Gasteiger partial charge in [-0.15, -0.1) is 0 Å². The fourth-order valence-electron chi connectivity index (χ4n) is 0.821. The van der Waals surface area contributed by atoms with Crippen LogP contribution in [-0.4, -0.2) is 0 Å². The van der Waals surface area contributed by atoms with Crippen LogP contribution in [0.5, 0.6) is 0 Å².